The van der Waals surface area contributed by atoms with Crippen LogP contribution < -0.4 is 24.8 Å². The smallest absolute Gasteiger partial charge is 0.409 e. The summed E-state index contributed by atoms with van der Waals surface area (Å²) in [5.41, 5.74) is 6.46. The molecule has 0 bridgehead atoms. The Morgan fingerprint density at radius 3 is 2.17 bits per heavy atom. The maximum absolute atomic E-state index is 13.0. The van der Waals surface area contributed by atoms with Crippen LogP contribution in [0.2, 0.25) is 0 Å². The third kappa shape index (κ3) is 4.54. The number of nitrogens with one attached hydrogen (secondary N) is 1. The van der Waals surface area contributed by atoms with E-state index in [1.165, 1.54) is 24.3 Å². The van der Waals surface area contributed by atoms with Crippen LogP contribution in [0.15, 0.2) is 77.7 Å². The summed E-state index contributed by atoms with van der Waals surface area (Å²) in [5, 5.41) is 11.3. The number of ether oxygens (including phenoxy) is 3. The quantitative estimate of drug-likeness (QED) is 0.488. The first kappa shape index (κ1) is 23.1. The van der Waals surface area contributed by atoms with Crippen molar-refractivity contribution in [3.05, 3.63) is 72.8 Å². The molecule has 35 heavy (non-hydrogen) atoms. The number of anilines is 2. The Kier molecular flexibility index (Phi) is 6.07. The number of benzene rings is 3. The number of para-hydroxylation sites is 4. The lowest BCUT2D eigenvalue weighted by Gasteiger charge is -2.44. The average Bonchev–Trinajstić information content (AvgIpc) is 2.84. The van der Waals surface area contributed by atoms with Crippen LogP contribution in [0.5, 0.6) is 17.2 Å². The van der Waals surface area contributed by atoms with Crippen LogP contribution in [0, 0.1) is 0 Å². The normalized spacial score (nSPS) is 21.4. The van der Waals surface area contributed by atoms with Crippen LogP contribution in [-0.4, -0.2) is 51.0 Å². The van der Waals surface area contributed by atoms with Crippen LogP contribution in [0.25, 0.3) is 0 Å². The van der Waals surface area contributed by atoms with Crippen molar-refractivity contribution in [2.24, 2.45) is 5.73 Å². The summed E-state index contributed by atoms with van der Waals surface area (Å²) >= 11 is 0. The molecule has 0 spiro atoms. The molecule has 2 aliphatic rings. The molecule has 3 aromatic rings. The molecule has 3 aromatic carbocycles. The molecule has 0 aromatic heterocycles. The fraction of sp³-hybridized carbons (Fsp3) is 0.208. The van der Waals surface area contributed by atoms with Gasteiger partial charge in [-0.3, -0.25) is 0 Å². The molecule has 1 amide bonds. The molecule has 182 valence electrons. The number of carbonyl (C=O) groups excluding carboxylic acids is 1. The number of rotatable bonds is 5. The van der Waals surface area contributed by atoms with Crippen molar-refractivity contribution in [2.75, 3.05) is 18.1 Å². The fourth-order valence-electron chi connectivity index (χ4n) is 4.27. The molecule has 0 unspecified atom stereocenters. The van der Waals surface area contributed by atoms with Crippen LogP contribution in [0.3, 0.4) is 0 Å². The summed E-state index contributed by atoms with van der Waals surface area (Å²) in [4.78, 5) is 12.7. The molecule has 1 saturated heterocycles. The second-order valence-electron chi connectivity index (χ2n) is 8.12. The molecule has 10 nitrogen and oxygen atoms in total. The highest BCUT2D eigenvalue weighted by Gasteiger charge is 2.41. The van der Waals surface area contributed by atoms with E-state index in [2.05, 4.69) is 4.72 Å². The van der Waals surface area contributed by atoms with Gasteiger partial charge in [0.1, 0.15) is 5.75 Å². The molecule has 5 rings (SSSR count). The van der Waals surface area contributed by atoms with Gasteiger partial charge in [0.25, 0.3) is 0 Å². The number of hydrogen-bond donors (Lipinski definition) is 3. The van der Waals surface area contributed by atoms with E-state index in [0.717, 1.165) is 11.4 Å². The maximum Gasteiger partial charge on any atom is 0.409 e. The second-order valence-corrected chi connectivity index (χ2v) is 9.84. The van der Waals surface area contributed by atoms with Crippen molar-refractivity contribution in [1.82, 2.24) is 4.72 Å². The summed E-state index contributed by atoms with van der Waals surface area (Å²) in [6, 6.07) is 18.6. The van der Waals surface area contributed by atoms with Crippen LogP contribution in [0.4, 0.5) is 16.2 Å². The van der Waals surface area contributed by atoms with Gasteiger partial charge in [-0.05, 0) is 48.5 Å². The van der Waals surface area contributed by atoms with Crippen molar-refractivity contribution >= 4 is 27.5 Å². The number of sulfonamides is 1. The summed E-state index contributed by atoms with van der Waals surface area (Å²) in [5.74, 6) is 1.36. The summed E-state index contributed by atoms with van der Waals surface area (Å²) < 4.78 is 45.1. The Morgan fingerprint density at radius 2 is 1.57 bits per heavy atom. The lowest BCUT2D eigenvalue weighted by molar-refractivity contribution is -0.0244. The standard InChI is InChI=1S/C24H23N3O7S/c25-24(29)33-15-9-11-16(12-10-15)35(30,31)26-17-13-32-14-20(23(17)28)27-18-5-1-3-7-21(18)34-22-8-4-2-6-19(22)27/h1-12,17,20,23,26,28H,13-14H2,(H2,25,29)/t17-,20+,23+/m1/s1. The highest BCUT2D eigenvalue weighted by atomic mass is 32.2. The molecule has 0 radical (unpaired) electrons. The first-order chi connectivity index (χ1) is 16.8. The molecule has 4 N–H and O–H groups in total. The number of aliphatic hydroxyl groups is 1. The van der Waals surface area contributed by atoms with Crippen molar-refractivity contribution in [2.45, 2.75) is 23.1 Å². The van der Waals surface area contributed by atoms with Crippen molar-refractivity contribution < 1.29 is 32.5 Å². The summed E-state index contributed by atoms with van der Waals surface area (Å²) in [7, 11) is -4.02. The molecule has 1 fully saturated rings. The van der Waals surface area contributed by atoms with Gasteiger partial charge in [0.15, 0.2) is 11.5 Å². The predicted molar refractivity (Wildman–Crippen MR) is 126 cm³/mol. The Morgan fingerprint density at radius 1 is 0.971 bits per heavy atom. The second kappa shape index (κ2) is 9.19. The number of primary amides is 1. The lowest BCUT2D eigenvalue weighted by Crippen LogP contribution is -2.60. The number of nitrogens with two attached hydrogens (primary N) is 1. The highest BCUT2D eigenvalue weighted by Crippen LogP contribution is 2.48. The topological polar surface area (TPSA) is 140 Å². The van der Waals surface area contributed by atoms with Crippen molar-refractivity contribution in [3.63, 3.8) is 0 Å². The van der Waals surface area contributed by atoms with Gasteiger partial charge in [-0.1, -0.05) is 24.3 Å². The molecular weight excluding hydrogens is 474 g/mol. The van der Waals surface area contributed by atoms with Gasteiger partial charge < -0.3 is 30.0 Å². The molecule has 0 aliphatic carbocycles. The zero-order valence-corrected chi connectivity index (χ0v) is 19.2. The maximum atomic E-state index is 13.0. The summed E-state index contributed by atoms with van der Waals surface area (Å²) in [6.45, 7) is 0.175. The average molecular weight is 498 g/mol. The minimum absolute atomic E-state index is 0.00655. The van der Waals surface area contributed by atoms with E-state index in [-0.39, 0.29) is 23.9 Å². The number of nitrogens with zero attached hydrogens (tertiary/aromatic N) is 1. The zero-order chi connectivity index (χ0) is 24.6. The van der Waals surface area contributed by atoms with Gasteiger partial charge in [-0.15, -0.1) is 0 Å². The first-order valence-corrected chi connectivity index (χ1v) is 12.3. The lowest BCUT2D eigenvalue weighted by atomic mass is 9.98. The van der Waals surface area contributed by atoms with Gasteiger partial charge in [-0.2, -0.15) is 0 Å². The van der Waals surface area contributed by atoms with E-state index < -0.39 is 34.3 Å². The number of aliphatic hydroxyl groups excluding tert-OH is 1. The van der Waals surface area contributed by atoms with Crippen LogP contribution >= 0.6 is 0 Å². The van der Waals surface area contributed by atoms with E-state index in [0.29, 0.717) is 11.5 Å². The Hall–Kier alpha value is -3.64. The first-order valence-electron chi connectivity index (χ1n) is 10.8. The Balaban J connectivity index is 1.41. The van der Waals surface area contributed by atoms with Gasteiger partial charge in [0.05, 0.1) is 47.7 Å². The monoisotopic (exact) mass is 497 g/mol. The van der Waals surface area contributed by atoms with E-state index >= 15 is 0 Å². The van der Waals surface area contributed by atoms with E-state index in [1.807, 2.05) is 53.4 Å². The van der Waals surface area contributed by atoms with E-state index in [4.69, 9.17) is 19.9 Å². The Bertz CT molecular complexity index is 1300. The SMILES string of the molecule is NC(=O)Oc1ccc(S(=O)(=O)N[C@@H]2COC[C@H](N3c4ccccc4Oc4ccccc43)[C@H]2O)cc1. The minimum Gasteiger partial charge on any atom is -0.453 e. The molecule has 3 atom stereocenters. The van der Waals surface area contributed by atoms with Crippen LogP contribution in [-0.2, 0) is 14.8 Å². The summed E-state index contributed by atoms with van der Waals surface area (Å²) in [6.07, 6.45) is -2.10. The van der Waals surface area contributed by atoms with E-state index in [9.17, 15) is 18.3 Å². The van der Waals surface area contributed by atoms with Gasteiger partial charge >= 0.3 is 6.09 Å². The number of carbonyl (C=O) groups is 1. The Labute approximate surface area is 201 Å². The predicted octanol–water partition coefficient (Wildman–Crippen LogP) is 2.49. The number of fused-ring (bicyclic) bond motifs is 2. The van der Waals surface area contributed by atoms with E-state index in [1.54, 1.807) is 0 Å². The fourth-order valence-corrected chi connectivity index (χ4v) is 5.51. The largest absolute Gasteiger partial charge is 0.453 e. The highest BCUT2D eigenvalue weighted by molar-refractivity contribution is 7.89. The zero-order valence-electron chi connectivity index (χ0n) is 18.4. The van der Waals surface area contributed by atoms with Crippen molar-refractivity contribution in [3.8, 4) is 17.2 Å². The third-order valence-corrected chi connectivity index (χ3v) is 7.36. The minimum atomic E-state index is -4.02. The van der Waals surface area contributed by atoms with Crippen LogP contribution in [0.1, 0.15) is 0 Å². The molecule has 0 saturated carbocycles. The number of amides is 1. The molecule has 2 aliphatic heterocycles. The number of hydrogen-bond acceptors (Lipinski definition) is 8. The molecule has 2 heterocycles. The third-order valence-electron chi connectivity index (χ3n) is 5.85. The van der Waals surface area contributed by atoms with Gasteiger partial charge in [0, 0.05) is 0 Å². The van der Waals surface area contributed by atoms with Crippen molar-refractivity contribution in [1.29, 1.82) is 0 Å². The molecule has 11 heteroatoms. The molecular formula is C24H23N3O7S. The van der Waals surface area contributed by atoms with Gasteiger partial charge in [-0.25, -0.2) is 17.9 Å². The van der Waals surface area contributed by atoms with Gasteiger partial charge in [0.2, 0.25) is 10.0 Å².